The molecule has 0 aromatic heterocycles. The van der Waals surface area contributed by atoms with Crippen LogP contribution < -0.4 is 10.1 Å². The second-order valence-electron chi connectivity index (χ2n) is 5.57. The van der Waals surface area contributed by atoms with E-state index in [0.29, 0.717) is 0 Å². The number of halogens is 1. The molecule has 1 aromatic rings. The van der Waals surface area contributed by atoms with Crippen molar-refractivity contribution in [1.82, 2.24) is 5.32 Å². The molecular formula is C14H22ClNO2. The van der Waals surface area contributed by atoms with Gasteiger partial charge in [-0.2, -0.15) is 0 Å². The summed E-state index contributed by atoms with van der Waals surface area (Å²) in [7, 11) is 1.68. The number of benzene rings is 1. The Morgan fingerprint density at radius 1 is 1.17 bits per heavy atom. The Labute approximate surface area is 115 Å². The third-order valence-corrected chi connectivity index (χ3v) is 3.30. The molecule has 0 amide bonds. The van der Waals surface area contributed by atoms with Crippen molar-refractivity contribution in [2.24, 2.45) is 5.41 Å². The summed E-state index contributed by atoms with van der Waals surface area (Å²) in [5.41, 5.74) is 0.946. The van der Waals surface area contributed by atoms with Crippen LogP contribution in [-0.2, 0) is 10.5 Å². The molecule has 1 aliphatic heterocycles. The molecule has 102 valence electrons. The highest BCUT2D eigenvalue weighted by molar-refractivity contribution is 5.85. The van der Waals surface area contributed by atoms with Crippen LogP contribution in [0.4, 0.5) is 0 Å². The third-order valence-electron chi connectivity index (χ3n) is 3.30. The van der Waals surface area contributed by atoms with Crippen LogP contribution in [0.15, 0.2) is 24.3 Å². The van der Waals surface area contributed by atoms with E-state index < -0.39 is 0 Å². The maximum Gasteiger partial charge on any atom is 0.142 e. The van der Waals surface area contributed by atoms with Gasteiger partial charge in [-0.1, -0.05) is 26.0 Å². The summed E-state index contributed by atoms with van der Waals surface area (Å²) in [5, 5.41) is 3.48. The lowest BCUT2D eigenvalue weighted by molar-refractivity contribution is -0.131. The van der Waals surface area contributed by atoms with Gasteiger partial charge in [-0.05, 0) is 24.6 Å². The van der Waals surface area contributed by atoms with E-state index in [1.54, 1.807) is 7.11 Å². The fraction of sp³-hybridized carbons (Fsp3) is 0.571. The molecule has 0 spiro atoms. The highest BCUT2D eigenvalue weighted by atomic mass is 35.5. The zero-order chi connectivity index (χ0) is 12.5. The fourth-order valence-corrected chi connectivity index (χ4v) is 1.94. The summed E-state index contributed by atoms with van der Waals surface area (Å²) in [4.78, 5) is 0. The number of nitrogens with one attached hydrogen (secondary N) is 1. The number of ether oxygens (including phenoxy) is 2. The predicted molar refractivity (Wildman–Crippen MR) is 75.3 cm³/mol. The molecule has 4 heteroatoms. The van der Waals surface area contributed by atoms with Crippen LogP contribution in [-0.4, -0.2) is 20.3 Å². The van der Waals surface area contributed by atoms with Gasteiger partial charge < -0.3 is 9.47 Å². The first-order valence-corrected chi connectivity index (χ1v) is 5.99. The highest BCUT2D eigenvalue weighted by Crippen LogP contribution is 2.31. The molecule has 1 aromatic carbocycles. The van der Waals surface area contributed by atoms with Crippen molar-refractivity contribution in [2.45, 2.75) is 26.5 Å². The Kier molecular flexibility index (Phi) is 4.65. The zero-order valence-electron chi connectivity index (χ0n) is 11.4. The van der Waals surface area contributed by atoms with Crippen molar-refractivity contribution in [3.63, 3.8) is 0 Å². The topological polar surface area (TPSA) is 30.5 Å². The standard InChI is InChI=1S/C14H21NO2.ClH/c1-13(2)9-15-14(3,17-10-13)11-5-7-12(16-4)8-6-11;/h5-8,15H,9-10H2,1-4H3;1H. The van der Waals surface area contributed by atoms with E-state index in [4.69, 9.17) is 9.47 Å². The molecule has 1 aliphatic rings. The van der Waals surface area contributed by atoms with Crippen molar-refractivity contribution in [2.75, 3.05) is 20.3 Å². The van der Waals surface area contributed by atoms with Gasteiger partial charge in [0.05, 0.1) is 13.7 Å². The molecule has 1 saturated heterocycles. The lowest BCUT2D eigenvalue weighted by atomic mass is 9.90. The zero-order valence-corrected chi connectivity index (χ0v) is 12.3. The molecule has 0 aliphatic carbocycles. The van der Waals surface area contributed by atoms with Crippen LogP contribution in [0.25, 0.3) is 0 Å². The van der Waals surface area contributed by atoms with Crippen LogP contribution in [0, 0.1) is 5.41 Å². The van der Waals surface area contributed by atoms with Crippen LogP contribution in [0.2, 0.25) is 0 Å². The van der Waals surface area contributed by atoms with E-state index >= 15 is 0 Å². The van der Waals surface area contributed by atoms with Gasteiger partial charge >= 0.3 is 0 Å². The largest absolute Gasteiger partial charge is 0.497 e. The average molecular weight is 272 g/mol. The van der Waals surface area contributed by atoms with Gasteiger partial charge in [0.15, 0.2) is 0 Å². The van der Waals surface area contributed by atoms with Gasteiger partial charge in [-0.25, -0.2) is 0 Å². The SMILES string of the molecule is COc1ccc(C2(C)NCC(C)(C)CO2)cc1.Cl. The maximum atomic E-state index is 5.99. The minimum absolute atomic E-state index is 0. The molecule has 0 radical (unpaired) electrons. The molecule has 1 fully saturated rings. The normalized spacial score (nSPS) is 26.2. The Balaban J connectivity index is 0.00000162. The van der Waals surface area contributed by atoms with E-state index in [0.717, 1.165) is 24.5 Å². The lowest BCUT2D eigenvalue weighted by Gasteiger charge is -2.42. The second kappa shape index (κ2) is 5.47. The molecule has 1 heterocycles. The number of hydrogen-bond donors (Lipinski definition) is 1. The van der Waals surface area contributed by atoms with Crippen molar-refractivity contribution in [3.8, 4) is 5.75 Å². The van der Waals surface area contributed by atoms with Crippen LogP contribution in [0.1, 0.15) is 26.3 Å². The molecule has 2 rings (SSSR count). The van der Waals surface area contributed by atoms with Gasteiger partial charge in [0.2, 0.25) is 0 Å². The summed E-state index contributed by atoms with van der Waals surface area (Å²) in [6, 6.07) is 8.02. The number of hydrogen-bond acceptors (Lipinski definition) is 3. The fourth-order valence-electron chi connectivity index (χ4n) is 1.94. The van der Waals surface area contributed by atoms with Crippen molar-refractivity contribution < 1.29 is 9.47 Å². The van der Waals surface area contributed by atoms with E-state index in [9.17, 15) is 0 Å². The molecule has 3 nitrogen and oxygen atoms in total. The summed E-state index contributed by atoms with van der Waals surface area (Å²) in [5.74, 6) is 0.869. The maximum absolute atomic E-state index is 5.99. The van der Waals surface area contributed by atoms with Crippen LogP contribution in [0.5, 0.6) is 5.75 Å². The first-order chi connectivity index (χ1) is 7.95. The Morgan fingerprint density at radius 2 is 1.78 bits per heavy atom. The minimum Gasteiger partial charge on any atom is -0.497 e. The molecule has 1 N–H and O–H groups in total. The summed E-state index contributed by atoms with van der Waals surface area (Å²) in [6.07, 6.45) is 0. The highest BCUT2D eigenvalue weighted by Gasteiger charge is 2.36. The monoisotopic (exact) mass is 271 g/mol. The molecule has 0 bridgehead atoms. The van der Waals surface area contributed by atoms with Crippen molar-refractivity contribution in [3.05, 3.63) is 29.8 Å². The quantitative estimate of drug-likeness (QED) is 0.897. The van der Waals surface area contributed by atoms with Gasteiger partial charge in [-0.15, -0.1) is 12.4 Å². The van der Waals surface area contributed by atoms with E-state index in [2.05, 4.69) is 26.1 Å². The number of rotatable bonds is 2. The number of methoxy groups -OCH3 is 1. The first-order valence-electron chi connectivity index (χ1n) is 5.99. The van der Waals surface area contributed by atoms with Gasteiger partial charge in [0, 0.05) is 12.0 Å². The molecule has 18 heavy (non-hydrogen) atoms. The van der Waals surface area contributed by atoms with Crippen LogP contribution >= 0.6 is 12.4 Å². The minimum atomic E-state index is -0.387. The van der Waals surface area contributed by atoms with Crippen molar-refractivity contribution >= 4 is 12.4 Å². The van der Waals surface area contributed by atoms with E-state index in [-0.39, 0.29) is 23.5 Å². The van der Waals surface area contributed by atoms with Crippen molar-refractivity contribution in [1.29, 1.82) is 0 Å². The van der Waals surface area contributed by atoms with E-state index in [1.165, 1.54) is 0 Å². The first kappa shape index (κ1) is 15.3. The van der Waals surface area contributed by atoms with Gasteiger partial charge in [0.1, 0.15) is 11.5 Å². The third kappa shape index (κ3) is 3.16. The molecule has 1 atom stereocenters. The van der Waals surface area contributed by atoms with E-state index in [1.807, 2.05) is 24.3 Å². The predicted octanol–water partition coefficient (Wildman–Crippen LogP) is 2.94. The Hall–Kier alpha value is -0.770. The molecule has 0 saturated carbocycles. The second-order valence-corrected chi connectivity index (χ2v) is 5.57. The van der Waals surface area contributed by atoms with Crippen LogP contribution in [0.3, 0.4) is 0 Å². The lowest BCUT2D eigenvalue weighted by Crippen LogP contribution is -2.53. The summed E-state index contributed by atoms with van der Waals surface area (Å²) < 4.78 is 11.1. The Morgan fingerprint density at radius 3 is 2.22 bits per heavy atom. The smallest absolute Gasteiger partial charge is 0.142 e. The average Bonchev–Trinajstić information content (AvgIpc) is 2.34. The molecular weight excluding hydrogens is 250 g/mol. The summed E-state index contributed by atoms with van der Waals surface area (Å²) in [6.45, 7) is 8.20. The Bertz CT molecular complexity index is 379. The summed E-state index contributed by atoms with van der Waals surface area (Å²) >= 11 is 0. The van der Waals surface area contributed by atoms with Gasteiger partial charge in [0.25, 0.3) is 0 Å². The molecule has 1 unspecified atom stereocenters. The van der Waals surface area contributed by atoms with Gasteiger partial charge in [-0.3, -0.25) is 5.32 Å².